The van der Waals surface area contributed by atoms with E-state index in [4.69, 9.17) is 4.74 Å². The van der Waals surface area contributed by atoms with Gasteiger partial charge in [-0.2, -0.15) is 0 Å². The molecule has 0 unspecified atom stereocenters. The second-order valence-electron chi connectivity index (χ2n) is 4.26. The Hall–Kier alpha value is -1.83. The van der Waals surface area contributed by atoms with E-state index in [1.54, 1.807) is 0 Å². The highest BCUT2D eigenvalue weighted by Crippen LogP contribution is 2.29. The highest BCUT2D eigenvalue weighted by molar-refractivity contribution is 6.09. The van der Waals surface area contributed by atoms with Gasteiger partial charge in [0.2, 0.25) is 0 Å². The van der Waals surface area contributed by atoms with Crippen molar-refractivity contribution < 1.29 is 9.53 Å². The number of hydrogen-bond acceptors (Lipinski definition) is 2. The minimum absolute atomic E-state index is 0.205. The van der Waals surface area contributed by atoms with Crippen LogP contribution in [0.1, 0.15) is 37.0 Å². The van der Waals surface area contributed by atoms with Crippen LogP contribution in [0, 0.1) is 0 Å². The zero-order valence-corrected chi connectivity index (χ0v) is 10.9. The summed E-state index contributed by atoms with van der Waals surface area (Å²) < 4.78 is 5.60. The lowest BCUT2D eigenvalue weighted by atomic mass is 9.98. The smallest absolute Gasteiger partial charge is 0.163 e. The molecular weight excluding hydrogens is 224 g/mol. The van der Waals surface area contributed by atoms with Crippen LogP contribution in [0.4, 0.5) is 0 Å². The molecule has 0 aliphatic rings. The van der Waals surface area contributed by atoms with Crippen molar-refractivity contribution in [1.29, 1.82) is 0 Å². The van der Waals surface area contributed by atoms with Crippen LogP contribution in [-0.4, -0.2) is 12.4 Å². The zero-order chi connectivity index (χ0) is 13.0. The van der Waals surface area contributed by atoms with E-state index in [2.05, 4.69) is 0 Å². The number of ether oxygens (including phenoxy) is 1. The van der Waals surface area contributed by atoms with Gasteiger partial charge in [-0.25, -0.2) is 0 Å². The van der Waals surface area contributed by atoms with Crippen LogP contribution in [0.5, 0.6) is 5.75 Å². The van der Waals surface area contributed by atoms with Gasteiger partial charge in [-0.15, -0.1) is 0 Å². The van der Waals surface area contributed by atoms with Gasteiger partial charge in [0.05, 0.1) is 6.61 Å². The van der Waals surface area contributed by atoms with Crippen molar-refractivity contribution in [2.75, 3.05) is 6.61 Å². The Balaban J connectivity index is 2.57. The fraction of sp³-hybridized carbons (Fsp3) is 0.312. The minimum Gasteiger partial charge on any atom is -0.493 e. The topological polar surface area (TPSA) is 26.3 Å². The first-order chi connectivity index (χ1) is 8.77. The van der Waals surface area contributed by atoms with Gasteiger partial charge in [-0.1, -0.05) is 31.2 Å². The Kier molecular flexibility index (Phi) is 3.98. The van der Waals surface area contributed by atoms with Gasteiger partial charge in [-0.3, -0.25) is 4.79 Å². The first-order valence-electron chi connectivity index (χ1n) is 6.45. The number of ketones is 1. The molecule has 2 nitrogen and oxygen atoms in total. The number of rotatable bonds is 5. The molecule has 2 aromatic carbocycles. The fourth-order valence-electron chi connectivity index (χ4n) is 2.16. The van der Waals surface area contributed by atoms with Crippen LogP contribution in [-0.2, 0) is 0 Å². The van der Waals surface area contributed by atoms with Crippen LogP contribution < -0.4 is 4.74 Å². The maximum Gasteiger partial charge on any atom is 0.163 e. The minimum atomic E-state index is 0.205. The lowest BCUT2D eigenvalue weighted by Crippen LogP contribution is -2.01. The molecule has 0 atom stereocenters. The van der Waals surface area contributed by atoms with E-state index in [9.17, 15) is 4.79 Å². The summed E-state index contributed by atoms with van der Waals surface area (Å²) >= 11 is 0. The molecule has 0 spiro atoms. The summed E-state index contributed by atoms with van der Waals surface area (Å²) in [5.74, 6) is 1.05. The maximum absolute atomic E-state index is 12.1. The fourth-order valence-corrected chi connectivity index (χ4v) is 2.16. The third-order valence-electron chi connectivity index (χ3n) is 2.96. The summed E-state index contributed by atoms with van der Waals surface area (Å²) in [6.07, 6.45) is 1.47. The highest BCUT2D eigenvalue weighted by atomic mass is 16.5. The third-order valence-corrected chi connectivity index (χ3v) is 2.96. The second kappa shape index (κ2) is 5.67. The van der Waals surface area contributed by atoms with Crippen molar-refractivity contribution >= 4 is 16.6 Å². The average Bonchev–Trinajstić information content (AvgIpc) is 2.39. The summed E-state index contributed by atoms with van der Waals surface area (Å²) in [5.41, 5.74) is 0.802. The molecule has 18 heavy (non-hydrogen) atoms. The van der Waals surface area contributed by atoms with E-state index >= 15 is 0 Å². The lowest BCUT2D eigenvalue weighted by Gasteiger charge is -2.10. The summed E-state index contributed by atoms with van der Waals surface area (Å²) in [4.78, 5) is 12.1. The molecule has 0 amide bonds. The van der Waals surface area contributed by atoms with E-state index in [0.717, 1.165) is 28.5 Å². The van der Waals surface area contributed by atoms with Crippen LogP contribution in [0.25, 0.3) is 10.8 Å². The van der Waals surface area contributed by atoms with Gasteiger partial charge in [0.1, 0.15) is 5.75 Å². The number of Topliss-reactive ketones (excluding diaryl/α,β-unsaturated/α-hetero) is 1. The Morgan fingerprint density at radius 2 is 1.78 bits per heavy atom. The van der Waals surface area contributed by atoms with Gasteiger partial charge in [0.25, 0.3) is 0 Å². The quantitative estimate of drug-likeness (QED) is 0.734. The molecule has 0 aliphatic carbocycles. The van der Waals surface area contributed by atoms with Crippen LogP contribution in [0.15, 0.2) is 36.4 Å². The average molecular weight is 242 g/mol. The van der Waals surface area contributed by atoms with Crippen molar-refractivity contribution in [2.45, 2.75) is 26.7 Å². The molecule has 0 fully saturated rings. The van der Waals surface area contributed by atoms with E-state index in [1.165, 1.54) is 0 Å². The molecule has 0 bridgehead atoms. The summed E-state index contributed by atoms with van der Waals surface area (Å²) in [6, 6.07) is 11.7. The SMILES string of the molecule is CCCC(=O)c1ccc(OCC)c2ccccc12. The number of hydrogen-bond donors (Lipinski definition) is 0. The Morgan fingerprint density at radius 1 is 1.06 bits per heavy atom. The van der Waals surface area contributed by atoms with E-state index < -0.39 is 0 Å². The van der Waals surface area contributed by atoms with Gasteiger partial charge in [-0.05, 0) is 30.9 Å². The van der Waals surface area contributed by atoms with Gasteiger partial charge in [0, 0.05) is 17.4 Å². The monoisotopic (exact) mass is 242 g/mol. The van der Waals surface area contributed by atoms with Crippen LogP contribution in [0.3, 0.4) is 0 Å². The van der Waals surface area contributed by atoms with Crippen molar-refractivity contribution in [3.8, 4) is 5.75 Å². The molecule has 94 valence electrons. The Bertz CT molecular complexity index is 558. The summed E-state index contributed by atoms with van der Waals surface area (Å²) in [7, 11) is 0. The highest BCUT2D eigenvalue weighted by Gasteiger charge is 2.11. The third kappa shape index (κ3) is 2.37. The standard InChI is InChI=1S/C16H18O2/c1-3-7-15(17)13-10-11-16(18-4-2)14-9-6-5-8-12(13)14/h5-6,8-11H,3-4,7H2,1-2H3. The van der Waals surface area contributed by atoms with Gasteiger partial charge < -0.3 is 4.74 Å². The maximum atomic E-state index is 12.1. The van der Waals surface area contributed by atoms with Gasteiger partial charge in [0.15, 0.2) is 5.78 Å². The molecule has 2 heteroatoms. The summed E-state index contributed by atoms with van der Waals surface area (Å²) in [5, 5.41) is 2.00. The molecule has 0 aliphatic heterocycles. The molecule has 0 radical (unpaired) electrons. The number of fused-ring (bicyclic) bond motifs is 1. The molecule has 2 rings (SSSR count). The van der Waals surface area contributed by atoms with E-state index in [0.29, 0.717) is 13.0 Å². The number of carbonyl (C=O) groups excluding carboxylic acids is 1. The molecule has 0 heterocycles. The van der Waals surface area contributed by atoms with Crippen molar-refractivity contribution in [3.05, 3.63) is 42.0 Å². The predicted octanol–water partition coefficient (Wildman–Crippen LogP) is 4.22. The Morgan fingerprint density at radius 3 is 2.44 bits per heavy atom. The molecule has 0 saturated carbocycles. The molecular formula is C16H18O2. The first kappa shape index (κ1) is 12.6. The van der Waals surface area contributed by atoms with Crippen molar-refractivity contribution in [3.63, 3.8) is 0 Å². The lowest BCUT2D eigenvalue weighted by molar-refractivity contribution is 0.0983. The second-order valence-corrected chi connectivity index (χ2v) is 4.26. The Labute approximate surface area is 108 Å². The van der Waals surface area contributed by atoms with Crippen LogP contribution in [0.2, 0.25) is 0 Å². The predicted molar refractivity (Wildman–Crippen MR) is 74.4 cm³/mol. The van der Waals surface area contributed by atoms with Crippen molar-refractivity contribution in [1.82, 2.24) is 0 Å². The largest absolute Gasteiger partial charge is 0.493 e. The normalized spacial score (nSPS) is 10.6. The molecule has 0 saturated heterocycles. The van der Waals surface area contributed by atoms with Crippen molar-refractivity contribution in [2.24, 2.45) is 0 Å². The first-order valence-corrected chi connectivity index (χ1v) is 6.45. The van der Waals surface area contributed by atoms with E-state index in [-0.39, 0.29) is 5.78 Å². The number of benzene rings is 2. The van der Waals surface area contributed by atoms with Crippen LogP contribution >= 0.6 is 0 Å². The molecule has 2 aromatic rings. The van der Waals surface area contributed by atoms with E-state index in [1.807, 2.05) is 50.2 Å². The zero-order valence-electron chi connectivity index (χ0n) is 10.9. The van der Waals surface area contributed by atoms with Gasteiger partial charge >= 0.3 is 0 Å². The molecule has 0 aromatic heterocycles. The molecule has 0 N–H and O–H groups in total. The number of carbonyl (C=O) groups is 1. The summed E-state index contributed by atoms with van der Waals surface area (Å²) in [6.45, 7) is 4.62.